The third-order valence-corrected chi connectivity index (χ3v) is 3.53. The van der Waals surface area contributed by atoms with Crippen LogP contribution in [-0.2, 0) is 4.79 Å². The normalized spacial score (nSPS) is 18.3. The number of nitrogens with two attached hydrogens (primary N) is 2. The highest BCUT2D eigenvalue weighted by molar-refractivity contribution is 5.92. The zero-order valence-electron chi connectivity index (χ0n) is 12.0. The number of nitrogens with zero attached hydrogens (tertiary/aromatic N) is 1. The Morgan fingerprint density at radius 2 is 2.00 bits per heavy atom. The van der Waals surface area contributed by atoms with E-state index >= 15 is 0 Å². The fourth-order valence-electron chi connectivity index (χ4n) is 2.37. The van der Waals surface area contributed by atoms with Gasteiger partial charge in [-0.15, -0.1) is 0 Å². The molecule has 1 aromatic carbocycles. The van der Waals surface area contributed by atoms with E-state index in [1.165, 1.54) is 0 Å². The number of carbonyl (C=O) groups is 2. The van der Waals surface area contributed by atoms with E-state index in [0.29, 0.717) is 30.9 Å². The highest BCUT2D eigenvalue weighted by Gasteiger charge is 2.20. The molecule has 1 aliphatic heterocycles. The highest BCUT2D eigenvalue weighted by Crippen LogP contribution is 2.13. The molecule has 0 unspecified atom stereocenters. The number of amides is 2. The molecule has 0 aromatic heterocycles. The lowest BCUT2D eigenvalue weighted by molar-refractivity contribution is -0.132. The maximum atomic E-state index is 12.0. The number of primary amides is 1. The summed E-state index contributed by atoms with van der Waals surface area (Å²) >= 11 is 0. The zero-order valence-corrected chi connectivity index (χ0v) is 12.0. The quantitative estimate of drug-likeness (QED) is 0.825. The number of benzene rings is 1. The first kappa shape index (κ1) is 15.3. The molecular formula is C15H21N3O3. The summed E-state index contributed by atoms with van der Waals surface area (Å²) in [5.74, 6) is 0.209. The zero-order chi connectivity index (χ0) is 15.2. The molecule has 0 radical (unpaired) electrons. The van der Waals surface area contributed by atoms with Gasteiger partial charge in [-0.2, -0.15) is 0 Å². The molecule has 2 amide bonds. The number of ether oxygens (including phenoxy) is 1. The van der Waals surface area contributed by atoms with Crippen molar-refractivity contribution in [1.82, 2.24) is 4.90 Å². The molecule has 0 spiro atoms. The van der Waals surface area contributed by atoms with E-state index in [9.17, 15) is 9.59 Å². The molecule has 1 saturated heterocycles. The molecule has 1 aromatic rings. The van der Waals surface area contributed by atoms with Crippen LogP contribution in [0.25, 0.3) is 0 Å². The van der Waals surface area contributed by atoms with Gasteiger partial charge in [0.25, 0.3) is 0 Å². The molecule has 1 fully saturated rings. The largest absolute Gasteiger partial charge is 0.493 e. The van der Waals surface area contributed by atoms with Crippen LogP contribution >= 0.6 is 0 Å². The summed E-state index contributed by atoms with van der Waals surface area (Å²) in [6, 6.07) is 6.62. The van der Waals surface area contributed by atoms with Gasteiger partial charge in [0.05, 0.1) is 13.0 Å². The SMILES string of the molecule is NC(=O)c1ccc(OCCC(=O)N2CCC[C@@H](N)C2)cc1. The molecule has 0 bridgehead atoms. The molecule has 21 heavy (non-hydrogen) atoms. The molecule has 4 N–H and O–H groups in total. The summed E-state index contributed by atoms with van der Waals surface area (Å²) in [6.45, 7) is 1.71. The van der Waals surface area contributed by atoms with E-state index in [2.05, 4.69) is 0 Å². The Labute approximate surface area is 124 Å². The van der Waals surface area contributed by atoms with E-state index in [-0.39, 0.29) is 11.9 Å². The minimum Gasteiger partial charge on any atom is -0.493 e. The fourth-order valence-corrected chi connectivity index (χ4v) is 2.37. The first-order valence-corrected chi connectivity index (χ1v) is 7.12. The summed E-state index contributed by atoms with van der Waals surface area (Å²) in [5, 5.41) is 0. The van der Waals surface area contributed by atoms with Crippen molar-refractivity contribution in [1.29, 1.82) is 0 Å². The molecule has 0 aliphatic carbocycles. The van der Waals surface area contributed by atoms with Crippen LogP contribution in [0.5, 0.6) is 5.75 Å². The lowest BCUT2D eigenvalue weighted by Crippen LogP contribution is -2.46. The monoisotopic (exact) mass is 291 g/mol. The van der Waals surface area contributed by atoms with Crippen LogP contribution in [0.1, 0.15) is 29.6 Å². The predicted octanol–water partition coefficient (Wildman–Crippen LogP) is 0.504. The maximum Gasteiger partial charge on any atom is 0.248 e. The second kappa shape index (κ2) is 7.08. The number of hydrogen-bond donors (Lipinski definition) is 2. The third-order valence-electron chi connectivity index (χ3n) is 3.53. The van der Waals surface area contributed by atoms with Gasteiger partial charge in [0.15, 0.2) is 0 Å². The Hall–Kier alpha value is -2.08. The van der Waals surface area contributed by atoms with Crippen LogP contribution in [0.3, 0.4) is 0 Å². The minimum absolute atomic E-state index is 0.0684. The van der Waals surface area contributed by atoms with Crippen LogP contribution in [0.15, 0.2) is 24.3 Å². The van der Waals surface area contributed by atoms with E-state index in [4.69, 9.17) is 16.2 Å². The van der Waals surface area contributed by atoms with Gasteiger partial charge in [-0.25, -0.2) is 0 Å². The van der Waals surface area contributed by atoms with E-state index < -0.39 is 5.91 Å². The van der Waals surface area contributed by atoms with Crippen molar-refractivity contribution >= 4 is 11.8 Å². The second-order valence-corrected chi connectivity index (χ2v) is 5.23. The first-order valence-electron chi connectivity index (χ1n) is 7.12. The van der Waals surface area contributed by atoms with Crippen LogP contribution in [0.2, 0.25) is 0 Å². The number of piperidine rings is 1. The minimum atomic E-state index is -0.474. The van der Waals surface area contributed by atoms with Crippen LogP contribution in [-0.4, -0.2) is 42.5 Å². The molecule has 1 heterocycles. The van der Waals surface area contributed by atoms with Gasteiger partial charge in [-0.05, 0) is 37.1 Å². The van der Waals surface area contributed by atoms with Crippen molar-refractivity contribution < 1.29 is 14.3 Å². The van der Waals surface area contributed by atoms with E-state index in [1.54, 1.807) is 29.2 Å². The maximum absolute atomic E-state index is 12.0. The standard InChI is InChI=1S/C15H21N3O3/c16-12-2-1-8-18(10-12)14(19)7-9-21-13-5-3-11(4-6-13)15(17)20/h3-6,12H,1-2,7-10,16H2,(H2,17,20)/t12-/m1/s1. The average Bonchev–Trinajstić information content (AvgIpc) is 2.47. The van der Waals surface area contributed by atoms with E-state index in [0.717, 1.165) is 19.4 Å². The fraction of sp³-hybridized carbons (Fsp3) is 0.467. The third kappa shape index (κ3) is 4.46. The van der Waals surface area contributed by atoms with Crippen molar-refractivity contribution in [3.63, 3.8) is 0 Å². The van der Waals surface area contributed by atoms with Gasteiger partial charge < -0.3 is 21.1 Å². The molecular weight excluding hydrogens is 270 g/mol. The van der Waals surface area contributed by atoms with Gasteiger partial charge in [0, 0.05) is 24.7 Å². The van der Waals surface area contributed by atoms with Gasteiger partial charge >= 0.3 is 0 Å². The van der Waals surface area contributed by atoms with Crippen molar-refractivity contribution in [3.8, 4) is 5.75 Å². The van der Waals surface area contributed by atoms with Crippen molar-refractivity contribution in [2.75, 3.05) is 19.7 Å². The first-order chi connectivity index (χ1) is 10.1. The topological polar surface area (TPSA) is 98.7 Å². The van der Waals surface area contributed by atoms with Gasteiger partial charge in [-0.3, -0.25) is 9.59 Å². The van der Waals surface area contributed by atoms with Gasteiger partial charge in [0.1, 0.15) is 5.75 Å². The molecule has 2 rings (SSSR count). The van der Waals surface area contributed by atoms with Crippen molar-refractivity contribution in [3.05, 3.63) is 29.8 Å². The Morgan fingerprint density at radius 3 is 2.62 bits per heavy atom. The lowest BCUT2D eigenvalue weighted by atomic mass is 10.1. The number of rotatable bonds is 5. The summed E-state index contributed by atoms with van der Waals surface area (Å²) in [5.41, 5.74) is 11.4. The smallest absolute Gasteiger partial charge is 0.248 e. The van der Waals surface area contributed by atoms with Crippen molar-refractivity contribution in [2.24, 2.45) is 11.5 Å². The van der Waals surface area contributed by atoms with E-state index in [1.807, 2.05) is 0 Å². The Balaban J connectivity index is 1.75. The van der Waals surface area contributed by atoms with Crippen molar-refractivity contribution in [2.45, 2.75) is 25.3 Å². The molecule has 6 heteroatoms. The van der Waals surface area contributed by atoms with Crippen LogP contribution < -0.4 is 16.2 Å². The van der Waals surface area contributed by atoms with Gasteiger partial charge in [-0.1, -0.05) is 0 Å². The molecule has 114 valence electrons. The molecule has 1 atom stereocenters. The summed E-state index contributed by atoms with van der Waals surface area (Å²) < 4.78 is 5.50. The molecule has 0 saturated carbocycles. The summed E-state index contributed by atoms with van der Waals surface area (Å²) in [7, 11) is 0. The second-order valence-electron chi connectivity index (χ2n) is 5.23. The summed E-state index contributed by atoms with van der Waals surface area (Å²) in [4.78, 5) is 24.7. The predicted molar refractivity (Wildman–Crippen MR) is 78.9 cm³/mol. The van der Waals surface area contributed by atoms with Crippen LogP contribution in [0, 0.1) is 0 Å². The number of hydrogen-bond acceptors (Lipinski definition) is 4. The number of carbonyl (C=O) groups excluding carboxylic acids is 2. The average molecular weight is 291 g/mol. The van der Waals surface area contributed by atoms with Gasteiger partial charge in [0.2, 0.25) is 11.8 Å². The Kier molecular flexibility index (Phi) is 5.16. The Morgan fingerprint density at radius 1 is 1.29 bits per heavy atom. The Bertz CT molecular complexity index is 501. The molecule has 6 nitrogen and oxygen atoms in total. The number of likely N-dealkylation sites (tertiary alicyclic amines) is 1. The highest BCUT2D eigenvalue weighted by atomic mass is 16.5. The summed E-state index contributed by atoms with van der Waals surface area (Å²) in [6.07, 6.45) is 2.26. The molecule has 1 aliphatic rings. The van der Waals surface area contributed by atoms with Crippen LogP contribution in [0.4, 0.5) is 0 Å². The lowest BCUT2D eigenvalue weighted by Gasteiger charge is -2.30.